The van der Waals surface area contributed by atoms with E-state index in [0.29, 0.717) is 29.5 Å². The maximum atomic E-state index is 11.7. The average Bonchev–Trinajstić information content (AvgIpc) is 3.07. The number of methoxy groups -OCH3 is 2. The Labute approximate surface area is 162 Å². The number of aromatic amines is 1. The van der Waals surface area contributed by atoms with Crippen molar-refractivity contribution in [2.45, 2.75) is 19.0 Å². The standard InChI is InChI=1S/C20H21ClN2O4/c1-26-18-8-12(7-15(21)19(18)27-2)10-22-17(20(24)25)9-13-11-23-16-6-4-3-5-14(13)16/h3-8,11,17,22-23H,9-10H2,1-2H3,(H,24,25). The molecule has 0 radical (unpaired) electrons. The van der Waals surface area contributed by atoms with Crippen molar-refractivity contribution in [3.63, 3.8) is 0 Å². The molecule has 0 saturated heterocycles. The summed E-state index contributed by atoms with van der Waals surface area (Å²) in [6.45, 7) is 0.333. The van der Waals surface area contributed by atoms with Crippen LogP contribution in [0.25, 0.3) is 10.9 Å². The van der Waals surface area contributed by atoms with E-state index in [-0.39, 0.29) is 0 Å². The SMILES string of the molecule is COc1cc(CNC(Cc2c[nH]c3ccccc23)C(=O)O)cc(Cl)c1OC. The summed E-state index contributed by atoms with van der Waals surface area (Å²) in [6.07, 6.45) is 2.22. The van der Waals surface area contributed by atoms with E-state index >= 15 is 0 Å². The molecule has 3 rings (SSSR count). The van der Waals surface area contributed by atoms with Crippen molar-refractivity contribution < 1.29 is 19.4 Å². The second-order valence-corrected chi connectivity index (χ2v) is 6.56. The molecule has 1 heterocycles. The third kappa shape index (κ3) is 4.18. The summed E-state index contributed by atoms with van der Waals surface area (Å²) in [5, 5.41) is 14.1. The van der Waals surface area contributed by atoms with Gasteiger partial charge in [0.25, 0.3) is 0 Å². The first-order valence-electron chi connectivity index (χ1n) is 8.45. The van der Waals surface area contributed by atoms with E-state index in [2.05, 4.69) is 10.3 Å². The zero-order valence-corrected chi connectivity index (χ0v) is 15.8. The van der Waals surface area contributed by atoms with Crippen LogP contribution < -0.4 is 14.8 Å². The van der Waals surface area contributed by atoms with Crippen LogP contribution in [0.5, 0.6) is 11.5 Å². The molecule has 142 valence electrons. The van der Waals surface area contributed by atoms with Gasteiger partial charge in [-0.2, -0.15) is 0 Å². The van der Waals surface area contributed by atoms with Crippen molar-refractivity contribution in [1.29, 1.82) is 0 Å². The molecule has 0 aliphatic rings. The Morgan fingerprint density at radius 2 is 2.04 bits per heavy atom. The van der Waals surface area contributed by atoms with Gasteiger partial charge in [-0.1, -0.05) is 29.8 Å². The van der Waals surface area contributed by atoms with E-state index in [1.807, 2.05) is 30.5 Å². The third-order valence-electron chi connectivity index (χ3n) is 4.44. The van der Waals surface area contributed by atoms with Crippen LogP contribution in [0.15, 0.2) is 42.6 Å². The highest BCUT2D eigenvalue weighted by Gasteiger charge is 2.20. The summed E-state index contributed by atoms with van der Waals surface area (Å²) in [6, 6.07) is 10.6. The fourth-order valence-electron chi connectivity index (χ4n) is 3.08. The molecule has 0 spiro atoms. The minimum atomic E-state index is -0.910. The minimum Gasteiger partial charge on any atom is -0.493 e. The van der Waals surface area contributed by atoms with Gasteiger partial charge in [0.2, 0.25) is 0 Å². The van der Waals surface area contributed by atoms with E-state index in [0.717, 1.165) is 22.0 Å². The number of nitrogens with one attached hydrogen (secondary N) is 2. The molecule has 3 N–H and O–H groups in total. The van der Waals surface area contributed by atoms with Crippen molar-refractivity contribution in [3.8, 4) is 11.5 Å². The number of H-pyrrole nitrogens is 1. The van der Waals surface area contributed by atoms with Crippen molar-refractivity contribution in [3.05, 3.63) is 58.7 Å². The normalized spacial score (nSPS) is 12.1. The predicted molar refractivity (Wildman–Crippen MR) is 105 cm³/mol. The number of benzene rings is 2. The summed E-state index contributed by atoms with van der Waals surface area (Å²) in [5.41, 5.74) is 2.75. The number of carboxylic acids is 1. The molecule has 1 aromatic heterocycles. The topological polar surface area (TPSA) is 83.6 Å². The Morgan fingerprint density at radius 1 is 1.26 bits per heavy atom. The fraction of sp³-hybridized carbons (Fsp3) is 0.250. The minimum absolute atomic E-state index is 0.333. The van der Waals surface area contributed by atoms with Crippen LogP contribution >= 0.6 is 11.6 Å². The summed E-state index contributed by atoms with van der Waals surface area (Å²) < 4.78 is 10.5. The Kier molecular flexibility index (Phi) is 5.88. The number of carbonyl (C=O) groups is 1. The van der Waals surface area contributed by atoms with E-state index in [1.54, 1.807) is 12.1 Å². The zero-order chi connectivity index (χ0) is 19.4. The molecule has 0 fully saturated rings. The van der Waals surface area contributed by atoms with Crippen LogP contribution in [-0.2, 0) is 17.8 Å². The molecule has 2 aromatic carbocycles. The number of hydrogen-bond acceptors (Lipinski definition) is 4. The van der Waals surface area contributed by atoms with Gasteiger partial charge in [-0.15, -0.1) is 0 Å². The first-order chi connectivity index (χ1) is 13.0. The van der Waals surface area contributed by atoms with Crippen LogP contribution in [0, 0.1) is 0 Å². The van der Waals surface area contributed by atoms with Gasteiger partial charge in [0.15, 0.2) is 11.5 Å². The molecule has 0 aliphatic carbocycles. The monoisotopic (exact) mass is 388 g/mol. The van der Waals surface area contributed by atoms with Crippen LogP contribution in [0.4, 0.5) is 0 Å². The number of aliphatic carboxylic acids is 1. The largest absolute Gasteiger partial charge is 0.493 e. The maximum Gasteiger partial charge on any atom is 0.321 e. The number of para-hydroxylation sites is 1. The molecule has 0 aliphatic heterocycles. The summed E-state index contributed by atoms with van der Waals surface area (Å²) in [5.74, 6) is 0.0497. The summed E-state index contributed by atoms with van der Waals surface area (Å²) >= 11 is 6.22. The number of rotatable bonds is 8. The molecule has 27 heavy (non-hydrogen) atoms. The highest BCUT2D eigenvalue weighted by atomic mass is 35.5. The number of ether oxygens (including phenoxy) is 2. The quantitative estimate of drug-likeness (QED) is 0.549. The van der Waals surface area contributed by atoms with E-state index in [4.69, 9.17) is 21.1 Å². The van der Waals surface area contributed by atoms with Crippen LogP contribution in [0.1, 0.15) is 11.1 Å². The first-order valence-corrected chi connectivity index (χ1v) is 8.83. The van der Waals surface area contributed by atoms with Gasteiger partial charge in [-0.3, -0.25) is 4.79 Å². The predicted octanol–water partition coefficient (Wildman–Crippen LogP) is 3.62. The van der Waals surface area contributed by atoms with Gasteiger partial charge in [-0.25, -0.2) is 0 Å². The molecule has 7 heteroatoms. The maximum absolute atomic E-state index is 11.7. The Hall–Kier alpha value is -2.70. The highest BCUT2D eigenvalue weighted by Crippen LogP contribution is 2.36. The van der Waals surface area contributed by atoms with Gasteiger partial charge in [0.1, 0.15) is 6.04 Å². The molecule has 3 aromatic rings. The zero-order valence-electron chi connectivity index (χ0n) is 15.1. The molecular weight excluding hydrogens is 368 g/mol. The van der Waals surface area contributed by atoms with Gasteiger partial charge in [-0.05, 0) is 29.3 Å². The number of hydrogen-bond donors (Lipinski definition) is 3. The lowest BCUT2D eigenvalue weighted by atomic mass is 10.0. The van der Waals surface area contributed by atoms with Gasteiger partial charge >= 0.3 is 5.97 Å². The Balaban J connectivity index is 1.76. The van der Waals surface area contributed by atoms with Crippen molar-refractivity contribution in [1.82, 2.24) is 10.3 Å². The molecular formula is C20H21ClN2O4. The van der Waals surface area contributed by atoms with Crippen LogP contribution in [0.3, 0.4) is 0 Å². The van der Waals surface area contributed by atoms with Crippen LogP contribution in [-0.4, -0.2) is 36.3 Å². The molecule has 1 atom stereocenters. The van der Waals surface area contributed by atoms with Gasteiger partial charge < -0.3 is 24.9 Å². The number of halogens is 1. The van der Waals surface area contributed by atoms with Crippen molar-refractivity contribution in [2.24, 2.45) is 0 Å². The number of aromatic nitrogens is 1. The lowest BCUT2D eigenvalue weighted by Crippen LogP contribution is -2.38. The second-order valence-electron chi connectivity index (χ2n) is 6.15. The Morgan fingerprint density at radius 3 is 2.74 bits per heavy atom. The molecule has 0 bridgehead atoms. The second kappa shape index (κ2) is 8.33. The number of carboxylic acid groups (broad SMARTS) is 1. The number of fused-ring (bicyclic) bond motifs is 1. The smallest absolute Gasteiger partial charge is 0.321 e. The molecule has 0 amide bonds. The van der Waals surface area contributed by atoms with Crippen LogP contribution in [0.2, 0.25) is 5.02 Å². The van der Waals surface area contributed by atoms with Crippen molar-refractivity contribution in [2.75, 3.05) is 14.2 Å². The summed E-state index contributed by atoms with van der Waals surface area (Å²) in [4.78, 5) is 14.9. The third-order valence-corrected chi connectivity index (χ3v) is 4.72. The molecule has 1 unspecified atom stereocenters. The van der Waals surface area contributed by atoms with E-state index < -0.39 is 12.0 Å². The van der Waals surface area contributed by atoms with E-state index in [1.165, 1.54) is 14.2 Å². The molecule has 6 nitrogen and oxygen atoms in total. The lowest BCUT2D eigenvalue weighted by molar-refractivity contribution is -0.139. The summed E-state index contributed by atoms with van der Waals surface area (Å²) in [7, 11) is 3.05. The average molecular weight is 389 g/mol. The Bertz CT molecular complexity index is 954. The van der Waals surface area contributed by atoms with Gasteiger partial charge in [0, 0.05) is 30.1 Å². The van der Waals surface area contributed by atoms with E-state index in [9.17, 15) is 9.90 Å². The fourth-order valence-corrected chi connectivity index (χ4v) is 3.39. The molecule has 0 saturated carbocycles. The lowest BCUT2D eigenvalue weighted by Gasteiger charge is -2.16. The first kappa shape index (κ1) is 19.1. The van der Waals surface area contributed by atoms with Crippen molar-refractivity contribution >= 4 is 28.5 Å². The highest BCUT2D eigenvalue weighted by molar-refractivity contribution is 6.32. The van der Waals surface area contributed by atoms with Gasteiger partial charge in [0.05, 0.1) is 19.2 Å².